The zero-order valence-corrected chi connectivity index (χ0v) is 14.5. The van der Waals surface area contributed by atoms with Gasteiger partial charge in [0.1, 0.15) is 0 Å². The highest BCUT2D eigenvalue weighted by Crippen LogP contribution is 2.28. The van der Waals surface area contributed by atoms with Crippen molar-refractivity contribution in [3.63, 3.8) is 0 Å². The summed E-state index contributed by atoms with van der Waals surface area (Å²) in [6.45, 7) is 7.63. The lowest BCUT2D eigenvalue weighted by atomic mass is 10.1. The van der Waals surface area contributed by atoms with Crippen LogP contribution in [0.1, 0.15) is 11.3 Å². The number of rotatable bonds is 3. The molecule has 0 N–H and O–H groups in total. The smallest absolute Gasteiger partial charge is 0.194 e. The molecule has 1 aromatic carbocycles. The van der Waals surface area contributed by atoms with E-state index >= 15 is 0 Å². The summed E-state index contributed by atoms with van der Waals surface area (Å²) >= 11 is 1.71. The quantitative estimate of drug-likeness (QED) is 0.739. The van der Waals surface area contributed by atoms with E-state index in [-0.39, 0.29) is 0 Å². The van der Waals surface area contributed by atoms with E-state index in [2.05, 4.69) is 64.0 Å². The molecule has 1 fully saturated rings. The molecule has 4 nitrogen and oxygen atoms in total. The molecule has 0 unspecified atom stereocenters. The van der Waals surface area contributed by atoms with Crippen molar-refractivity contribution in [3.8, 4) is 11.3 Å². The van der Waals surface area contributed by atoms with Gasteiger partial charge in [-0.3, -0.25) is 9.30 Å². The van der Waals surface area contributed by atoms with E-state index < -0.39 is 0 Å². The summed E-state index contributed by atoms with van der Waals surface area (Å²) in [4.78, 5) is 10.9. The fraction of sp³-hybridized carbons (Fsp3) is 0.389. The Labute approximate surface area is 141 Å². The van der Waals surface area contributed by atoms with Crippen molar-refractivity contribution in [2.24, 2.45) is 0 Å². The third-order valence-electron chi connectivity index (χ3n) is 4.66. The number of fused-ring (bicyclic) bond motifs is 1. The van der Waals surface area contributed by atoms with Crippen molar-refractivity contribution in [1.29, 1.82) is 0 Å². The number of aromatic nitrogens is 2. The zero-order valence-electron chi connectivity index (χ0n) is 13.7. The minimum absolute atomic E-state index is 0.967. The summed E-state index contributed by atoms with van der Waals surface area (Å²) in [6.07, 6.45) is 2.15. The van der Waals surface area contributed by atoms with Crippen molar-refractivity contribution in [2.75, 3.05) is 33.2 Å². The fourth-order valence-corrected chi connectivity index (χ4v) is 3.88. The van der Waals surface area contributed by atoms with Crippen molar-refractivity contribution in [1.82, 2.24) is 19.2 Å². The highest BCUT2D eigenvalue weighted by atomic mass is 32.1. The molecule has 2 aromatic heterocycles. The molecule has 0 atom stereocenters. The Morgan fingerprint density at radius 3 is 2.57 bits per heavy atom. The van der Waals surface area contributed by atoms with Gasteiger partial charge >= 0.3 is 0 Å². The standard InChI is InChI=1S/C18H22N4S/c1-14-3-5-15(6-4-14)17-16(22-11-12-23-18(22)19-17)13-21-9-7-20(2)8-10-21/h3-6,11-12H,7-10,13H2,1-2H3. The summed E-state index contributed by atoms with van der Waals surface area (Å²) < 4.78 is 2.26. The molecule has 23 heavy (non-hydrogen) atoms. The van der Waals surface area contributed by atoms with Gasteiger partial charge in [-0.2, -0.15) is 0 Å². The van der Waals surface area contributed by atoms with E-state index in [4.69, 9.17) is 4.98 Å². The molecule has 0 aliphatic carbocycles. The number of thiazole rings is 1. The third kappa shape index (κ3) is 2.92. The first-order chi connectivity index (χ1) is 11.2. The molecule has 3 aromatic rings. The van der Waals surface area contributed by atoms with Crippen LogP contribution in [0.4, 0.5) is 0 Å². The maximum Gasteiger partial charge on any atom is 0.194 e. The molecule has 4 rings (SSSR count). The Kier molecular flexibility index (Phi) is 3.93. The lowest BCUT2D eigenvalue weighted by Crippen LogP contribution is -2.44. The molecular weight excluding hydrogens is 304 g/mol. The Morgan fingerprint density at radius 1 is 1.09 bits per heavy atom. The highest BCUT2D eigenvalue weighted by molar-refractivity contribution is 7.15. The fourth-order valence-electron chi connectivity index (χ4n) is 3.14. The van der Waals surface area contributed by atoms with Crippen LogP contribution in [0.2, 0.25) is 0 Å². The topological polar surface area (TPSA) is 23.8 Å². The van der Waals surface area contributed by atoms with Gasteiger partial charge in [0.25, 0.3) is 0 Å². The van der Waals surface area contributed by atoms with E-state index in [1.807, 2.05) is 0 Å². The Balaban J connectivity index is 1.70. The second-order valence-electron chi connectivity index (χ2n) is 6.41. The van der Waals surface area contributed by atoms with Crippen LogP contribution in [0.3, 0.4) is 0 Å². The molecule has 0 radical (unpaired) electrons. The van der Waals surface area contributed by atoms with Gasteiger partial charge in [0.15, 0.2) is 4.96 Å². The first-order valence-electron chi connectivity index (χ1n) is 8.13. The van der Waals surface area contributed by atoms with Crippen molar-refractivity contribution in [2.45, 2.75) is 13.5 Å². The van der Waals surface area contributed by atoms with Crippen molar-refractivity contribution < 1.29 is 0 Å². The SMILES string of the molecule is Cc1ccc(-c2nc3sccn3c2CN2CCN(C)CC2)cc1. The van der Waals surface area contributed by atoms with Crippen molar-refractivity contribution in [3.05, 3.63) is 47.1 Å². The summed E-state index contributed by atoms with van der Waals surface area (Å²) in [5.74, 6) is 0. The van der Waals surface area contributed by atoms with Crippen LogP contribution in [0.15, 0.2) is 35.8 Å². The molecular formula is C18H22N4S. The minimum atomic E-state index is 0.967. The molecule has 3 heterocycles. The molecule has 0 bridgehead atoms. The predicted octanol–water partition coefficient (Wildman–Crippen LogP) is 3.12. The maximum atomic E-state index is 4.90. The summed E-state index contributed by atoms with van der Waals surface area (Å²) in [7, 11) is 2.20. The van der Waals surface area contributed by atoms with Crippen LogP contribution in [0.5, 0.6) is 0 Å². The molecule has 0 amide bonds. The number of nitrogens with zero attached hydrogens (tertiary/aromatic N) is 4. The largest absolute Gasteiger partial charge is 0.304 e. The van der Waals surface area contributed by atoms with E-state index in [1.165, 1.54) is 16.8 Å². The average Bonchev–Trinajstić information content (AvgIpc) is 3.13. The van der Waals surface area contributed by atoms with Gasteiger partial charge in [0.05, 0.1) is 11.4 Å². The van der Waals surface area contributed by atoms with E-state index in [0.29, 0.717) is 0 Å². The van der Waals surface area contributed by atoms with Gasteiger partial charge in [-0.05, 0) is 14.0 Å². The molecule has 0 saturated carbocycles. The lowest BCUT2D eigenvalue weighted by Gasteiger charge is -2.32. The maximum absolute atomic E-state index is 4.90. The number of piperazine rings is 1. The average molecular weight is 326 g/mol. The van der Waals surface area contributed by atoms with Crippen molar-refractivity contribution >= 4 is 16.3 Å². The summed E-state index contributed by atoms with van der Waals surface area (Å²) in [6, 6.07) is 8.72. The Hall–Kier alpha value is -1.69. The molecule has 1 aliphatic rings. The molecule has 1 saturated heterocycles. The van der Waals surface area contributed by atoms with Crippen LogP contribution >= 0.6 is 11.3 Å². The van der Waals surface area contributed by atoms with E-state index in [1.54, 1.807) is 11.3 Å². The molecule has 1 aliphatic heterocycles. The van der Waals surface area contributed by atoms with Gasteiger partial charge < -0.3 is 4.90 Å². The minimum Gasteiger partial charge on any atom is -0.304 e. The first-order valence-corrected chi connectivity index (χ1v) is 9.01. The first kappa shape index (κ1) is 14.9. The van der Waals surface area contributed by atoms with E-state index in [9.17, 15) is 0 Å². The number of imidazole rings is 1. The zero-order chi connectivity index (χ0) is 15.8. The highest BCUT2D eigenvalue weighted by Gasteiger charge is 2.20. The predicted molar refractivity (Wildman–Crippen MR) is 96.0 cm³/mol. The summed E-state index contributed by atoms with van der Waals surface area (Å²) in [5, 5.41) is 2.12. The monoisotopic (exact) mass is 326 g/mol. The van der Waals surface area contributed by atoms with Gasteiger partial charge in [-0.15, -0.1) is 11.3 Å². The van der Waals surface area contributed by atoms with Gasteiger partial charge in [0, 0.05) is 49.9 Å². The van der Waals surface area contributed by atoms with Crippen LogP contribution in [-0.2, 0) is 6.54 Å². The second kappa shape index (κ2) is 6.07. The molecule has 0 spiro atoms. The van der Waals surface area contributed by atoms with E-state index in [0.717, 1.165) is 43.4 Å². The summed E-state index contributed by atoms with van der Waals surface area (Å²) in [5.41, 5.74) is 4.96. The van der Waals surface area contributed by atoms with Crippen LogP contribution in [0.25, 0.3) is 16.2 Å². The number of likely N-dealkylation sites (N-methyl/N-ethyl adjacent to an activating group) is 1. The molecule has 5 heteroatoms. The third-order valence-corrected chi connectivity index (χ3v) is 5.41. The Morgan fingerprint density at radius 2 is 1.83 bits per heavy atom. The number of benzene rings is 1. The van der Waals surface area contributed by atoms with Crippen LogP contribution in [-0.4, -0.2) is 52.4 Å². The number of hydrogen-bond acceptors (Lipinski definition) is 4. The number of aryl methyl sites for hydroxylation is 1. The van der Waals surface area contributed by atoms with Crippen LogP contribution in [0, 0.1) is 6.92 Å². The number of hydrogen-bond donors (Lipinski definition) is 0. The van der Waals surface area contributed by atoms with Gasteiger partial charge in [0.2, 0.25) is 0 Å². The van der Waals surface area contributed by atoms with Gasteiger partial charge in [-0.1, -0.05) is 29.8 Å². The second-order valence-corrected chi connectivity index (χ2v) is 7.28. The van der Waals surface area contributed by atoms with Gasteiger partial charge in [-0.25, -0.2) is 4.98 Å². The lowest BCUT2D eigenvalue weighted by molar-refractivity contribution is 0.147. The normalized spacial score (nSPS) is 17.1. The Bertz CT molecular complexity index is 794. The molecule has 120 valence electrons. The van der Waals surface area contributed by atoms with Crippen LogP contribution < -0.4 is 0 Å².